The molecule has 1 saturated carbocycles. The maximum Gasteiger partial charge on any atom is 0.242 e. The average Bonchev–Trinajstić information content (AvgIpc) is 2.58. The topological polar surface area (TPSA) is 32.3 Å². The summed E-state index contributed by atoms with van der Waals surface area (Å²) in [5.41, 5.74) is 2.39. The number of nitrogens with one attached hydrogen (secondary N) is 1. The molecule has 1 saturated heterocycles. The third-order valence-electron chi connectivity index (χ3n) is 5.65. The summed E-state index contributed by atoms with van der Waals surface area (Å²) in [6.45, 7) is 6.46. The van der Waals surface area contributed by atoms with Gasteiger partial charge in [0.05, 0.1) is 0 Å². The molecule has 1 N–H and O–H groups in total. The van der Waals surface area contributed by atoms with Gasteiger partial charge < -0.3 is 5.32 Å². The number of carbonyl (C=O) groups excluding carboxylic acids is 1. The highest BCUT2D eigenvalue weighted by Crippen LogP contribution is 2.28. The number of aryl methyl sites for hydroxylation is 1. The number of nitrogens with zero attached hydrogens (tertiary/aromatic N) is 1. The summed E-state index contributed by atoms with van der Waals surface area (Å²) in [4.78, 5) is 15.5. The molecule has 0 aromatic heterocycles. The Bertz CT molecular complexity index is 533. The predicted molar refractivity (Wildman–Crippen MR) is 98.9 cm³/mol. The van der Waals surface area contributed by atoms with Crippen molar-refractivity contribution in [2.45, 2.75) is 70.9 Å². The minimum atomic E-state index is -0.129. The second-order valence-electron chi connectivity index (χ2n) is 7.90. The second kappa shape index (κ2) is 8.15. The monoisotopic (exact) mass is 328 g/mol. The van der Waals surface area contributed by atoms with E-state index in [2.05, 4.69) is 48.3 Å². The van der Waals surface area contributed by atoms with E-state index in [1.165, 1.54) is 37.7 Å². The van der Waals surface area contributed by atoms with Crippen LogP contribution in [0.15, 0.2) is 24.3 Å². The van der Waals surface area contributed by atoms with Gasteiger partial charge in [-0.15, -0.1) is 0 Å². The lowest BCUT2D eigenvalue weighted by Crippen LogP contribution is -2.47. The molecule has 1 aliphatic carbocycles. The van der Waals surface area contributed by atoms with Crippen molar-refractivity contribution in [2.24, 2.45) is 5.92 Å². The number of hydrogen-bond donors (Lipinski definition) is 1. The number of piperidine rings is 1. The van der Waals surface area contributed by atoms with Crippen molar-refractivity contribution in [2.75, 3.05) is 13.1 Å². The van der Waals surface area contributed by atoms with E-state index in [0.29, 0.717) is 12.0 Å². The molecule has 0 bridgehead atoms. The van der Waals surface area contributed by atoms with Crippen molar-refractivity contribution in [3.05, 3.63) is 35.4 Å². The summed E-state index contributed by atoms with van der Waals surface area (Å²) in [6.07, 6.45) is 8.58. The largest absolute Gasteiger partial charge is 0.352 e. The van der Waals surface area contributed by atoms with Crippen LogP contribution in [0.2, 0.25) is 0 Å². The zero-order valence-electron chi connectivity index (χ0n) is 15.3. The Morgan fingerprint density at radius 1 is 1.08 bits per heavy atom. The van der Waals surface area contributed by atoms with E-state index < -0.39 is 0 Å². The summed E-state index contributed by atoms with van der Waals surface area (Å²) >= 11 is 0. The quantitative estimate of drug-likeness (QED) is 0.897. The van der Waals surface area contributed by atoms with Crippen LogP contribution in [0.4, 0.5) is 0 Å². The van der Waals surface area contributed by atoms with Crippen LogP contribution in [0.5, 0.6) is 0 Å². The van der Waals surface area contributed by atoms with Gasteiger partial charge in [0.1, 0.15) is 6.04 Å². The molecule has 1 aromatic rings. The number of hydrogen-bond acceptors (Lipinski definition) is 2. The number of likely N-dealkylation sites (tertiary alicyclic amines) is 1. The molecule has 1 aliphatic heterocycles. The maximum atomic E-state index is 13.1. The zero-order chi connectivity index (χ0) is 16.9. The average molecular weight is 329 g/mol. The van der Waals surface area contributed by atoms with Crippen molar-refractivity contribution < 1.29 is 4.79 Å². The Morgan fingerprint density at radius 3 is 2.46 bits per heavy atom. The molecule has 0 radical (unpaired) electrons. The van der Waals surface area contributed by atoms with Gasteiger partial charge >= 0.3 is 0 Å². The number of amides is 1. The van der Waals surface area contributed by atoms with E-state index in [1.807, 2.05) is 0 Å². The molecule has 1 aromatic carbocycles. The van der Waals surface area contributed by atoms with E-state index in [9.17, 15) is 4.79 Å². The summed E-state index contributed by atoms with van der Waals surface area (Å²) in [5.74, 6) is 0.883. The van der Waals surface area contributed by atoms with Crippen LogP contribution in [-0.4, -0.2) is 29.9 Å². The summed E-state index contributed by atoms with van der Waals surface area (Å²) in [5, 5.41) is 3.36. The van der Waals surface area contributed by atoms with Crippen molar-refractivity contribution in [3.8, 4) is 0 Å². The highest BCUT2D eigenvalue weighted by atomic mass is 16.2. The lowest BCUT2D eigenvalue weighted by Gasteiger charge is -2.37. The van der Waals surface area contributed by atoms with E-state index in [4.69, 9.17) is 0 Å². The number of benzene rings is 1. The second-order valence-corrected chi connectivity index (χ2v) is 7.90. The molecule has 2 fully saturated rings. The summed E-state index contributed by atoms with van der Waals surface area (Å²) in [7, 11) is 0. The molecule has 1 heterocycles. The molecule has 0 spiro atoms. The third kappa shape index (κ3) is 4.38. The molecule has 2 aliphatic rings. The van der Waals surface area contributed by atoms with Gasteiger partial charge in [0.2, 0.25) is 5.91 Å². The molecule has 3 heteroatoms. The fraction of sp³-hybridized carbons (Fsp3) is 0.667. The van der Waals surface area contributed by atoms with Gasteiger partial charge in [-0.2, -0.15) is 0 Å². The van der Waals surface area contributed by atoms with E-state index >= 15 is 0 Å². The van der Waals surface area contributed by atoms with Gasteiger partial charge in [0, 0.05) is 12.6 Å². The Labute approximate surface area is 146 Å². The van der Waals surface area contributed by atoms with Gasteiger partial charge in [-0.3, -0.25) is 9.69 Å². The number of rotatable bonds is 4. The van der Waals surface area contributed by atoms with Gasteiger partial charge in [-0.25, -0.2) is 0 Å². The fourth-order valence-corrected chi connectivity index (χ4v) is 4.26. The first-order valence-electron chi connectivity index (χ1n) is 9.74. The Morgan fingerprint density at radius 2 is 1.79 bits per heavy atom. The van der Waals surface area contributed by atoms with Gasteiger partial charge in [0.25, 0.3) is 0 Å². The Kier molecular flexibility index (Phi) is 5.94. The highest BCUT2D eigenvalue weighted by Gasteiger charge is 2.31. The summed E-state index contributed by atoms with van der Waals surface area (Å²) in [6, 6.07) is 8.78. The first-order valence-corrected chi connectivity index (χ1v) is 9.74. The highest BCUT2D eigenvalue weighted by molar-refractivity contribution is 5.83. The van der Waals surface area contributed by atoms with Crippen molar-refractivity contribution in [3.63, 3.8) is 0 Å². The lowest BCUT2D eigenvalue weighted by molar-refractivity contribution is -0.128. The first kappa shape index (κ1) is 17.5. The molecule has 2 atom stereocenters. The van der Waals surface area contributed by atoms with E-state index in [-0.39, 0.29) is 11.9 Å². The van der Waals surface area contributed by atoms with Crippen molar-refractivity contribution in [1.82, 2.24) is 10.2 Å². The third-order valence-corrected chi connectivity index (χ3v) is 5.65. The molecular weight excluding hydrogens is 296 g/mol. The van der Waals surface area contributed by atoms with Crippen LogP contribution >= 0.6 is 0 Å². The molecule has 24 heavy (non-hydrogen) atoms. The van der Waals surface area contributed by atoms with Crippen molar-refractivity contribution >= 4 is 5.91 Å². The van der Waals surface area contributed by atoms with Gasteiger partial charge in [-0.05, 0) is 50.6 Å². The van der Waals surface area contributed by atoms with E-state index in [1.54, 1.807) is 0 Å². The van der Waals surface area contributed by atoms with Gasteiger partial charge in [0.15, 0.2) is 0 Å². The smallest absolute Gasteiger partial charge is 0.242 e. The van der Waals surface area contributed by atoms with Crippen LogP contribution in [0, 0.1) is 12.8 Å². The van der Waals surface area contributed by atoms with Crippen LogP contribution in [0.1, 0.15) is 69.0 Å². The Balaban J connectivity index is 1.77. The predicted octanol–water partition coefficient (Wildman–Crippen LogP) is 4.22. The molecule has 3 rings (SSSR count). The fourth-order valence-electron chi connectivity index (χ4n) is 4.26. The minimum absolute atomic E-state index is 0.129. The maximum absolute atomic E-state index is 13.1. The van der Waals surface area contributed by atoms with Crippen LogP contribution in [0.3, 0.4) is 0 Å². The Hall–Kier alpha value is -1.35. The zero-order valence-corrected chi connectivity index (χ0v) is 15.3. The van der Waals surface area contributed by atoms with Crippen molar-refractivity contribution in [1.29, 1.82) is 0 Å². The van der Waals surface area contributed by atoms with E-state index in [0.717, 1.165) is 31.5 Å². The molecule has 132 valence electrons. The van der Waals surface area contributed by atoms with Crippen LogP contribution in [0.25, 0.3) is 0 Å². The molecule has 3 nitrogen and oxygen atoms in total. The first-order chi connectivity index (χ1) is 11.6. The molecular formula is C21H32N2O. The normalized spacial score (nSPS) is 24.5. The van der Waals surface area contributed by atoms with Crippen LogP contribution < -0.4 is 5.32 Å². The minimum Gasteiger partial charge on any atom is -0.352 e. The molecule has 1 amide bonds. The SMILES string of the molecule is Cc1ccc(C(C(=O)NC2CCCCC2)N2CCCC(C)C2)cc1. The number of carbonyl (C=O) groups is 1. The van der Waals surface area contributed by atoms with Crippen LogP contribution in [-0.2, 0) is 4.79 Å². The van der Waals surface area contributed by atoms with Gasteiger partial charge in [-0.1, -0.05) is 56.0 Å². The standard InChI is InChI=1S/C21H32N2O/c1-16-10-12-18(13-11-16)20(23-14-6-7-17(2)15-23)21(24)22-19-8-4-3-5-9-19/h10-13,17,19-20H,3-9,14-15H2,1-2H3,(H,22,24). The summed E-state index contributed by atoms with van der Waals surface area (Å²) < 4.78 is 0. The molecule has 2 unspecified atom stereocenters. The lowest BCUT2D eigenvalue weighted by atomic mass is 9.93.